The van der Waals surface area contributed by atoms with E-state index in [0.29, 0.717) is 28.5 Å². The molecule has 7 nitrogen and oxygen atoms in total. The van der Waals surface area contributed by atoms with Gasteiger partial charge in [0.15, 0.2) is 5.11 Å². The minimum absolute atomic E-state index is 0.0265. The van der Waals surface area contributed by atoms with Crippen molar-refractivity contribution >= 4 is 40.4 Å². The smallest absolute Gasteiger partial charge is 0.333 e. The topological polar surface area (TPSA) is 100.0 Å². The first-order chi connectivity index (χ1) is 20.8. The molecule has 4 rings (SSSR count). The largest absolute Gasteiger partial charge is 0.416 e. The van der Waals surface area contributed by atoms with E-state index in [1.54, 1.807) is 62.8 Å². The Kier molecular flexibility index (Phi) is 10.1. The van der Waals surface area contributed by atoms with E-state index in [-0.39, 0.29) is 29.4 Å². The molecule has 1 atom stereocenters. The third-order valence-electron chi connectivity index (χ3n) is 7.39. The van der Waals surface area contributed by atoms with Crippen LogP contribution in [0.3, 0.4) is 0 Å². The SMILES string of the molecule is CC(C)(C(=O)Cc1cncn1Cc1ccc(C#N)cc1)C(N)N(Cc1ccccc1C(F)(F)F)C(=S)Nc1ccc(Cl)cc1. The molecule has 3 aromatic carbocycles. The molecule has 1 aromatic heterocycles. The highest BCUT2D eigenvalue weighted by atomic mass is 35.5. The molecule has 0 aliphatic heterocycles. The number of nitrogens with two attached hydrogens (primary N) is 1. The summed E-state index contributed by atoms with van der Waals surface area (Å²) in [6.45, 7) is 3.42. The molecule has 0 radical (unpaired) electrons. The molecular weight excluding hydrogens is 609 g/mol. The molecule has 0 saturated heterocycles. The second-order valence-corrected chi connectivity index (χ2v) is 11.6. The van der Waals surface area contributed by atoms with Gasteiger partial charge in [-0.25, -0.2) is 4.98 Å². The fraction of sp³-hybridized carbons (Fsp3) is 0.250. The van der Waals surface area contributed by atoms with Crippen LogP contribution in [0.25, 0.3) is 0 Å². The average Bonchev–Trinajstić information content (AvgIpc) is 3.42. The standard InChI is InChI=1S/C32H30ClF3N6OS/c1-31(2,28(43)15-26-17-39-20-41(26)18-22-9-7-21(16-37)8-10-22)29(38)42(30(44)40-25-13-11-24(33)12-14-25)19-23-5-3-4-6-27(23)32(34,35)36/h3-14,17,20,29H,15,18-19,38H2,1-2H3,(H,40,44). The monoisotopic (exact) mass is 638 g/mol. The van der Waals surface area contributed by atoms with E-state index in [0.717, 1.165) is 11.6 Å². The first-order valence-corrected chi connectivity index (χ1v) is 14.3. The maximum Gasteiger partial charge on any atom is 0.416 e. The number of benzene rings is 3. The molecule has 44 heavy (non-hydrogen) atoms. The lowest BCUT2D eigenvalue weighted by molar-refractivity contribution is -0.138. The molecular formula is C32H30ClF3N6OS. The number of ketones is 1. The number of rotatable bonds is 10. The van der Waals surface area contributed by atoms with E-state index >= 15 is 0 Å². The number of Topliss-reactive ketones (excluding diaryl/α,β-unsaturated/α-hetero) is 1. The normalized spacial score (nSPS) is 12.3. The molecule has 3 N–H and O–H groups in total. The van der Waals surface area contributed by atoms with E-state index in [1.807, 2.05) is 16.7 Å². The number of aromatic nitrogens is 2. The lowest BCUT2D eigenvalue weighted by atomic mass is 9.82. The number of hydrogen-bond donors (Lipinski definition) is 2. The van der Waals surface area contributed by atoms with Crippen molar-refractivity contribution in [3.05, 3.63) is 118 Å². The van der Waals surface area contributed by atoms with Gasteiger partial charge < -0.3 is 20.5 Å². The molecule has 0 amide bonds. The van der Waals surface area contributed by atoms with Gasteiger partial charge in [0.1, 0.15) is 5.78 Å². The number of halogens is 4. The molecule has 1 unspecified atom stereocenters. The van der Waals surface area contributed by atoms with Crippen LogP contribution in [0, 0.1) is 16.7 Å². The zero-order chi connectivity index (χ0) is 32.1. The molecule has 228 valence electrons. The van der Waals surface area contributed by atoms with Crippen LogP contribution in [-0.4, -0.2) is 31.5 Å². The van der Waals surface area contributed by atoms with Gasteiger partial charge in [0.25, 0.3) is 0 Å². The summed E-state index contributed by atoms with van der Waals surface area (Å²) in [5.74, 6) is -0.255. The molecule has 12 heteroatoms. The van der Waals surface area contributed by atoms with E-state index in [4.69, 9.17) is 34.8 Å². The molecule has 0 aliphatic carbocycles. The summed E-state index contributed by atoms with van der Waals surface area (Å²) in [6.07, 6.45) is -2.54. The van der Waals surface area contributed by atoms with Gasteiger partial charge >= 0.3 is 6.18 Å². The summed E-state index contributed by atoms with van der Waals surface area (Å²) in [4.78, 5) is 19.4. The van der Waals surface area contributed by atoms with Crippen LogP contribution in [0.1, 0.15) is 41.8 Å². The van der Waals surface area contributed by atoms with Gasteiger partial charge in [-0.1, -0.05) is 41.9 Å². The number of nitrogens with one attached hydrogen (secondary N) is 1. The number of nitrogens with zero attached hydrogens (tertiary/aromatic N) is 4. The molecule has 4 aromatic rings. The van der Waals surface area contributed by atoms with E-state index < -0.39 is 23.3 Å². The van der Waals surface area contributed by atoms with E-state index in [9.17, 15) is 18.0 Å². The molecule has 0 bridgehead atoms. The molecule has 1 heterocycles. The Balaban J connectivity index is 1.60. The van der Waals surface area contributed by atoms with Crippen molar-refractivity contribution in [2.45, 2.75) is 45.7 Å². The number of carbonyl (C=O) groups excluding carboxylic acids is 1. The van der Waals surface area contributed by atoms with Crippen molar-refractivity contribution in [1.82, 2.24) is 14.5 Å². The molecule has 0 fully saturated rings. The zero-order valence-electron chi connectivity index (χ0n) is 24.0. The highest BCUT2D eigenvalue weighted by Gasteiger charge is 2.40. The number of carbonyl (C=O) groups is 1. The van der Waals surface area contributed by atoms with Crippen molar-refractivity contribution in [3.8, 4) is 6.07 Å². The average molecular weight is 639 g/mol. The van der Waals surface area contributed by atoms with E-state index in [1.165, 1.54) is 23.1 Å². The predicted octanol–water partition coefficient (Wildman–Crippen LogP) is 6.80. The van der Waals surface area contributed by atoms with Gasteiger partial charge in [-0.3, -0.25) is 4.79 Å². The molecule has 0 spiro atoms. The van der Waals surface area contributed by atoms with Crippen LogP contribution in [-0.2, 0) is 30.5 Å². The Hall–Kier alpha value is -4.24. The van der Waals surface area contributed by atoms with Gasteiger partial charge in [0.2, 0.25) is 0 Å². The van der Waals surface area contributed by atoms with Crippen molar-refractivity contribution in [2.24, 2.45) is 11.1 Å². The Morgan fingerprint density at radius 1 is 1.11 bits per heavy atom. The summed E-state index contributed by atoms with van der Waals surface area (Å²) < 4.78 is 43.5. The highest BCUT2D eigenvalue weighted by molar-refractivity contribution is 7.80. The highest BCUT2D eigenvalue weighted by Crippen LogP contribution is 2.34. The van der Waals surface area contributed by atoms with Gasteiger partial charge in [-0.2, -0.15) is 18.4 Å². The summed E-state index contributed by atoms with van der Waals surface area (Å²) in [5.41, 5.74) is 7.25. The van der Waals surface area contributed by atoms with Crippen LogP contribution in [0.15, 0.2) is 85.3 Å². The first kappa shape index (κ1) is 32.7. The number of hydrogen-bond acceptors (Lipinski definition) is 5. The second-order valence-electron chi connectivity index (χ2n) is 10.8. The van der Waals surface area contributed by atoms with Crippen molar-refractivity contribution in [3.63, 3.8) is 0 Å². The van der Waals surface area contributed by atoms with Gasteiger partial charge in [0, 0.05) is 42.1 Å². The third-order valence-corrected chi connectivity index (χ3v) is 7.98. The van der Waals surface area contributed by atoms with Gasteiger partial charge in [-0.05, 0) is 79.7 Å². The van der Waals surface area contributed by atoms with Crippen LogP contribution in [0.5, 0.6) is 0 Å². The minimum atomic E-state index is -4.60. The summed E-state index contributed by atoms with van der Waals surface area (Å²) >= 11 is 11.7. The summed E-state index contributed by atoms with van der Waals surface area (Å²) in [6, 6.07) is 21.0. The first-order valence-electron chi connectivity index (χ1n) is 13.5. The van der Waals surface area contributed by atoms with Gasteiger partial charge in [0.05, 0.1) is 35.1 Å². The van der Waals surface area contributed by atoms with Crippen LogP contribution in [0.4, 0.5) is 18.9 Å². The Morgan fingerprint density at radius 3 is 2.41 bits per heavy atom. The lowest BCUT2D eigenvalue weighted by Gasteiger charge is -2.40. The Bertz CT molecular complexity index is 1660. The predicted molar refractivity (Wildman–Crippen MR) is 168 cm³/mol. The molecule has 0 saturated carbocycles. The lowest BCUT2D eigenvalue weighted by Crippen LogP contribution is -2.57. The van der Waals surface area contributed by atoms with Crippen molar-refractivity contribution in [1.29, 1.82) is 5.26 Å². The summed E-state index contributed by atoms with van der Waals surface area (Å²) in [5, 5.41) is 12.6. The van der Waals surface area contributed by atoms with Crippen LogP contribution < -0.4 is 11.1 Å². The summed E-state index contributed by atoms with van der Waals surface area (Å²) in [7, 11) is 0. The Labute approximate surface area is 264 Å². The Morgan fingerprint density at radius 2 is 1.77 bits per heavy atom. The van der Waals surface area contributed by atoms with Gasteiger partial charge in [-0.15, -0.1) is 0 Å². The fourth-order valence-electron chi connectivity index (χ4n) is 4.61. The zero-order valence-corrected chi connectivity index (χ0v) is 25.5. The minimum Gasteiger partial charge on any atom is -0.333 e. The number of thiocarbonyl (C=S) groups is 1. The second kappa shape index (κ2) is 13.6. The number of anilines is 1. The quantitative estimate of drug-likeness (QED) is 0.146. The van der Waals surface area contributed by atoms with Crippen LogP contribution >= 0.6 is 23.8 Å². The molecule has 0 aliphatic rings. The van der Waals surface area contributed by atoms with E-state index in [2.05, 4.69) is 16.4 Å². The maximum atomic E-state index is 13.9. The van der Waals surface area contributed by atoms with Crippen LogP contribution in [0.2, 0.25) is 5.02 Å². The number of nitriles is 1. The number of imidazole rings is 1. The van der Waals surface area contributed by atoms with Crippen molar-refractivity contribution in [2.75, 3.05) is 5.32 Å². The fourth-order valence-corrected chi connectivity index (χ4v) is 5.03. The van der Waals surface area contributed by atoms with Crippen molar-refractivity contribution < 1.29 is 18.0 Å². The number of alkyl halides is 3. The third kappa shape index (κ3) is 7.82. The maximum absolute atomic E-state index is 13.9.